The molecule has 1 saturated heterocycles. The lowest BCUT2D eigenvalue weighted by Crippen LogP contribution is -2.40. The summed E-state index contributed by atoms with van der Waals surface area (Å²) in [5, 5.41) is 0. The predicted molar refractivity (Wildman–Crippen MR) is 115 cm³/mol. The first-order valence-corrected chi connectivity index (χ1v) is 12.0. The zero-order valence-electron chi connectivity index (χ0n) is 16.4. The van der Waals surface area contributed by atoms with E-state index in [-0.39, 0.29) is 29.7 Å². The number of benzene rings is 2. The molecule has 0 spiro atoms. The van der Waals surface area contributed by atoms with Gasteiger partial charge in [-0.2, -0.15) is 0 Å². The number of likely N-dealkylation sites (N-methyl/N-ethyl adjacent to an activating group) is 1. The fourth-order valence-corrected chi connectivity index (χ4v) is 5.36. The molecule has 0 aliphatic carbocycles. The van der Waals surface area contributed by atoms with E-state index in [0.717, 1.165) is 10.0 Å². The topological polar surface area (TPSA) is 90.0 Å². The van der Waals surface area contributed by atoms with Crippen LogP contribution in [0.5, 0.6) is 5.75 Å². The van der Waals surface area contributed by atoms with Crippen molar-refractivity contribution in [1.29, 1.82) is 0 Å². The van der Waals surface area contributed by atoms with Crippen LogP contribution in [-0.2, 0) is 26.0 Å². The Hall–Kier alpha value is -2.39. The van der Waals surface area contributed by atoms with Crippen molar-refractivity contribution in [2.75, 3.05) is 25.2 Å². The highest BCUT2D eigenvalue weighted by Gasteiger charge is 2.33. The van der Waals surface area contributed by atoms with Crippen molar-refractivity contribution in [2.24, 2.45) is 0 Å². The minimum atomic E-state index is -3.11. The lowest BCUT2D eigenvalue weighted by atomic mass is 10.2. The van der Waals surface area contributed by atoms with Crippen molar-refractivity contribution in [3.05, 3.63) is 64.1 Å². The van der Waals surface area contributed by atoms with Crippen molar-refractivity contribution in [3.63, 3.8) is 0 Å². The summed E-state index contributed by atoms with van der Waals surface area (Å²) in [5.74, 6) is -0.767. The summed E-state index contributed by atoms with van der Waals surface area (Å²) < 4.78 is 35.1. The Labute approximate surface area is 184 Å². The second-order valence-corrected chi connectivity index (χ2v) is 10.2. The van der Waals surface area contributed by atoms with Crippen molar-refractivity contribution in [1.82, 2.24) is 4.90 Å². The largest absolute Gasteiger partial charge is 0.488 e. The molecule has 0 N–H and O–H groups in total. The maximum Gasteiger partial charge on any atom is 0.342 e. The highest BCUT2D eigenvalue weighted by molar-refractivity contribution is 9.10. The van der Waals surface area contributed by atoms with Gasteiger partial charge in [-0.15, -0.1) is 0 Å². The number of hydrogen-bond donors (Lipinski definition) is 0. The van der Waals surface area contributed by atoms with Gasteiger partial charge in [0, 0.05) is 17.6 Å². The number of amides is 1. The molecule has 1 fully saturated rings. The molecular weight excluding hydrogens is 474 g/mol. The Kier molecular flexibility index (Phi) is 7.14. The summed E-state index contributed by atoms with van der Waals surface area (Å²) in [5.41, 5.74) is 1.14. The molecule has 9 heteroatoms. The Morgan fingerprint density at radius 1 is 1.17 bits per heavy atom. The van der Waals surface area contributed by atoms with Gasteiger partial charge in [0.2, 0.25) is 0 Å². The van der Waals surface area contributed by atoms with Gasteiger partial charge in [-0.05, 0) is 36.2 Å². The van der Waals surface area contributed by atoms with Gasteiger partial charge in [0.15, 0.2) is 16.4 Å². The molecule has 7 nitrogen and oxygen atoms in total. The zero-order chi connectivity index (χ0) is 21.7. The van der Waals surface area contributed by atoms with Gasteiger partial charge in [0.25, 0.3) is 5.91 Å². The number of nitrogens with zero attached hydrogens (tertiary/aromatic N) is 1. The third-order valence-corrected chi connectivity index (χ3v) is 7.11. The summed E-state index contributed by atoms with van der Waals surface area (Å²) in [4.78, 5) is 26.2. The molecule has 2 aromatic carbocycles. The molecular formula is C21H22BrNO6S. The molecule has 1 aliphatic heterocycles. The van der Waals surface area contributed by atoms with Gasteiger partial charge < -0.3 is 14.4 Å². The van der Waals surface area contributed by atoms with Crippen LogP contribution < -0.4 is 4.74 Å². The van der Waals surface area contributed by atoms with Crippen LogP contribution in [0.25, 0.3) is 0 Å². The number of sulfone groups is 1. The Morgan fingerprint density at radius 2 is 1.93 bits per heavy atom. The monoisotopic (exact) mass is 495 g/mol. The van der Waals surface area contributed by atoms with Gasteiger partial charge in [0.05, 0.1) is 11.5 Å². The van der Waals surface area contributed by atoms with Gasteiger partial charge in [-0.3, -0.25) is 4.79 Å². The van der Waals surface area contributed by atoms with Crippen LogP contribution in [-0.4, -0.2) is 56.4 Å². The molecule has 0 saturated carbocycles. The summed E-state index contributed by atoms with van der Waals surface area (Å²) in [6, 6.07) is 13.9. The number of carbonyl (C=O) groups excluding carboxylic acids is 2. The van der Waals surface area contributed by atoms with Crippen LogP contribution in [0.15, 0.2) is 53.0 Å². The number of para-hydroxylation sites is 1. The molecule has 1 amide bonds. The number of halogens is 1. The lowest BCUT2D eigenvalue weighted by Gasteiger charge is -2.23. The first-order chi connectivity index (χ1) is 14.2. The lowest BCUT2D eigenvalue weighted by molar-refractivity contribution is -0.134. The van der Waals surface area contributed by atoms with Crippen LogP contribution in [0, 0.1) is 0 Å². The molecule has 3 rings (SSSR count). The van der Waals surface area contributed by atoms with Gasteiger partial charge in [-0.1, -0.05) is 40.2 Å². The molecule has 0 radical (unpaired) electrons. The molecule has 0 bridgehead atoms. The average Bonchev–Trinajstić information content (AvgIpc) is 3.09. The summed E-state index contributed by atoms with van der Waals surface area (Å²) in [6.45, 7) is -0.201. The second-order valence-electron chi connectivity index (χ2n) is 7.05. The SMILES string of the molecule is CN(C(=O)COC(=O)c1ccccc1OCc1cccc(Br)c1)C1CCS(=O)(=O)C1. The van der Waals surface area contributed by atoms with E-state index in [2.05, 4.69) is 15.9 Å². The van der Waals surface area contributed by atoms with Gasteiger partial charge in [0.1, 0.15) is 17.9 Å². The third kappa shape index (κ3) is 5.82. The van der Waals surface area contributed by atoms with Gasteiger partial charge >= 0.3 is 5.97 Å². The van der Waals surface area contributed by atoms with Crippen LogP contribution >= 0.6 is 15.9 Å². The standard InChI is InChI=1S/C21H22BrNO6S/c1-23(17-9-10-30(26,27)14-17)20(24)13-29-21(25)18-7-2-3-8-19(18)28-12-15-5-4-6-16(22)11-15/h2-8,11,17H,9-10,12-14H2,1H3. The fourth-order valence-electron chi connectivity index (χ4n) is 3.14. The Bertz CT molecular complexity index is 1040. The molecule has 1 atom stereocenters. The molecule has 1 aliphatic rings. The number of carbonyl (C=O) groups is 2. The molecule has 160 valence electrons. The van der Waals surface area contributed by atoms with E-state index in [0.29, 0.717) is 12.2 Å². The van der Waals surface area contributed by atoms with E-state index in [4.69, 9.17) is 9.47 Å². The van der Waals surface area contributed by atoms with Crippen molar-refractivity contribution in [2.45, 2.75) is 19.1 Å². The van der Waals surface area contributed by atoms with E-state index in [1.54, 1.807) is 24.3 Å². The molecule has 1 unspecified atom stereocenters. The van der Waals surface area contributed by atoms with E-state index < -0.39 is 28.3 Å². The highest BCUT2D eigenvalue weighted by atomic mass is 79.9. The highest BCUT2D eigenvalue weighted by Crippen LogP contribution is 2.22. The van der Waals surface area contributed by atoms with Crippen LogP contribution in [0.4, 0.5) is 0 Å². The normalized spacial score (nSPS) is 17.3. The summed E-state index contributed by atoms with van der Waals surface area (Å²) in [6.07, 6.45) is 0.394. The maximum atomic E-state index is 12.5. The van der Waals surface area contributed by atoms with Crippen LogP contribution in [0.3, 0.4) is 0 Å². The average molecular weight is 496 g/mol. The van der Waals surface area contributed by atoms with Crippen LogP contribution in [0.2, 0.25) is 0 Å². The minimum Gasteiger partial charge on any atom is -0.488 e. The van der Waals surface area contributed by atoms with Crippen molar-refractivity contribution in [3.8, 4) is 5.75 Å². The van der Waals surface area contributed by atoms with E-state index in [1.807, 2.05) is 24.3 Å². The van der Waals surface area contributed by atoms with Crippen molar-refractivity contribution < 1.29 is 27.5 Å². The minimum absolute atomic E-state index is 0.0601. The first-order valence-electron chi connectivity index (χ1n) is 9.34. The van der Waals surface area contributed by atoms with Crippen LogP contribution in [0.1, 0.15) is 22.3 Å². The number of hydrogen-bond acceptors (Lipinski definition) is 6. The van der Waals surface area contributed by atoms with Gasteiger partial charge in [-0.25, -0.2) is 13.2 Å². The second kappa shape index (κ2) is 9.61. The Balaban J connectivity index is 1.58. The summed E-state index contributed by atoms with van der Waals surface area (Å²) >= 11 is 3.40. The number of rotatable bonds is 7. The van der Waals surface area contributed by atoms with Crippen molar-refractivity contribution >= 4 is 37.6 Å². The quantitative estimate of drug-likeness (QED) is 0.548. The third-order valence-electron chi connectivity index (χ3n) is 4.87. The predicted octanol–water partition coefficient (Wildman–Crippen LogP) is 2.83. The Morgan fingerprint density at radius 3 is 2.63 bits per heavy atom. The molecule has 1 heterocycles. The van der Waals surface area contributed by atoms with E-state index >= 15 is 0 Å². The molecule has 2 aromatic rings. The van der Waals surface area contributed by atoms with E-state index in [9.17, 15) is 18.0 Å². The van der Waals surface area contributed by atoms with E-state index in [1.165, 1.54) is 11.9 Å². The summed E-state index contributed by atoms with van der Waals surface area (Å²) in [7, 11) is -1.58. The zero-order valence-corrected chi connectivity index (χ0v) is 18.8. The first kappa shape index (κ1) is 22.3. The smallest absolute Gasteiger partial charge is 0.342 e. The molecule has 30 heavy (non-hydrogen) atoms. The maximum absolute atomic E-state index is 12.5. The number of ether oxygens (including phenoxy) is 2. The fraction of sp³-hybridized carbons (Fsp3) is 0.333. The molecule has 0 aromatic heterocycles. The number of esters is 1.